The normalized spacial score (nSPS) is 34.1. The monoisotopic (exact) mass is 548 g/mol. The first-order valence-corrected chi connectivity index (χ1v) is 16.6. The second-order valence-electron chi connectivity index (χ2n) is 13.1. The van der Waals surface area contributed by atoms with Crippen LogP contribution in [0.2, 0.25) is 0 Å². The number of benzene rings is 2. The van der Waals surface area contributed by atoms with Gasteiger partial charge in [-0.25, -0.2) is 0 Å². The van der Waals surface area contributed by atoms with Gasteiger partial charge in [0.15, 0.2) is 0 Å². The van der Waals surface area contributed by atoms with E-state index < -0.39 is 0 Å². The molecule has 0 amide bonds. The Labute approximate surface area is 234 Å². The van der Waals surface area contributed by atoms with Gasteiger partial charge in [-0.15, -0.1) is 18.5 Å². The molecule has 4 aliphatic carbocycles. The number of rotatable bonds is 6. The summed E-state index contributed by atoms with van der Waals surface area (Å²) in [6.45, 7) is 4.28. The van der Waals surface area contributed by atoms with Gasteiger partial charge in [-0.2, -0.15) is 0 Å². The molecule has 4 N–H and O–H groups in total. The van der Waals surface area contributed by atoms with Crippen molar-refractivity contribution in [1.29, 1.82) is 0 Å². The van der Waals surface area contributed by atoms with Crippen LogP contribution in [0.5, 0.6) is 0 Å². The highest BCUT2D eigenvalue weighted by Gasteiger charge is 2.59. The second kappa shape index (κ2) is 10.5. The van der Waals surface area contributed by atoms with Crippen molar-refractivity contribution in [3.8, 4) is 11.1 Å². The first kappa shape index (κ1) is 26.1. The quantitative estimate of drug-likeness (QED) is 0.392. The van der Waals surface area contributed by atoms with E-state index in [2.05, 4.69) is 88.3 Å². The van der Waals surface area contributed by atoms with Gasteiger partial charge < -0.3 is 21.3 Å². The van der Waals surface area contributed by atoms with Gasteiger partial charge in [0.25, 0.3) is 0 Å². The minimum Gasteiger partial charge on any atom is -0.301 e. The average Bonchev–Trinajstić information content (AvgIpc) is 2.97. The maximum absolute atomic E-state index is 3.92. The topological polar surface area (TPSA) is 48.1 Å². The van der Waals surface area contributed by atoms with E-state index in [-0.39, 0.29) is 17.5 Å². The maximum atomic E-state index is 3.92. The predicted octanol–water partition coefficient (Wildman–Crippen LogP) is 4.81. The van der Waals surface area contributed by atoms with Crippen LogP contribution in [0, 0.1) is 23.7 Å². The molecular formula is C32H46N4P2. The lowest BCUT2D eigenvalue weighted by atomic mass is 9.43. The van der Waals surface area contributed by atoms with E-state index >= 15 is 0 Å². The van der Waals surface area contributed by atoms with Gasteiger partial charge in [-0.05, 0) is 135 Å². The Morgan fingerprint density at radius 3 is 1.95 bits per heavy atom. The molecule has 2 saturated heterocycles. The van der Waals surface area contributed by atoms with Crippen LogP contribution >= 0.6 is 18.5 Å². The summed E-state index contributed by atoms with van der Waals surface area (Å²) in [7, 11) is 6.61. The van der Waals surface area contributed by atoms with Crippen molar-refractivity contribution in [3.05, 3.63) is 59.7 Å². The lowest BCUT2D eigenvalue weighted by Gasteiger charge is -2.63. The van der Waals surface area contributed by atoms with Crippen molar-refractivity contribution >= 4 is 18.5 Å². The molecule has 5 atom stereocenters. The fourth-order valence-electron chi connectivity index (χ4n) is 9.59. The number of nitrogens with one attached hydrogen (secondary N) is 4. The summed E-state index contributed by atoms with van der Waals surface area (Å²) in [4.78, 5) is 0. The Morgan fingerprint density at radius 1 is 0.763 bits per heavy atom. The van der Waals surface area contributed by atoms with E-state index in [0.29, 0.717) is 5.41 Å². The zero-order chi connectivity index (χ0) is 25.7. The van der Waals surface area contributed by atoms with Crippen LogP contribution in [0.15, 0.2) is 48.5 Å². The molecule has 2 heterocycles. The summed E-state index contributed by atoms with van der Waals surface area (Å²) < 4.78 is 0. The fraction of sp³-hybridized carbons (Fsp3) is 0.625. The van der Waals surface area contributed by atoms with Gasteiger partial charge in [-0.1, -0.05) is 42.5 Å². The largest absolute Gasteiger partial charge is 0.301 e. The Bertz CT molecular complexity index is 1100. The van der Waals surface area contributed by atoms with Gasteiger partial charge in [0.1, 0.15) is 0 Å². The van der Waals surface area contributed by atoms with E-state index in [1.807, 2.05) is 0 Å². The van der Waals surface area contributed by atoms with E-state index in [9.17, 15) is 0 Å². The molecular weight excluding hydrogens is 502 g/mol. The average molecular weight is 549 g/mol. The van der Waals surface area contributed by atoms with Crippen molar-refractivity contribution < 1.29 is 0 Å². The third-order valence-corrected chi connectivity index (χ3v) is 12.4. The summed E-state index contributed by atoms with van der Waals surface area (Å²) >= 11 is 0. The summed E-state index contributed by atoms with van der Waals surface area (Å²) in [5.41, 5.74) is 6.15. The fourth-order valence-corrected chi connectivity index (χ4v) is 11.1. The first-order chi connectivity index (χ1) is 18.6. The molecule has 2 aromatic rings. The molecule has 4 nitrogen and oxygen atoms in total. The van der Waals surface area contributed by atoms with Crippen LogP contribution in [0.1, 0.15) is 56.1 Å². The van der Waals surface area contributed by atoms with Gasteiger partial charge >= 0.3 is 0 Å². The summed E-state index contributed by atoms with van der Waals surface area (Å²) in [5, 5.41) is 15.5. The van der Waals surface area contributed by atoms with Crippen molar-refractivity contribution in [3.63, 3.8) is 0 Å². The number of hydrogen-bond donors (Lipinski definition) is 4. The van der Waals surface area contributed by atoms with E-state index in [4.69, 9.17) is 0 Å². The molecule has 4 bridgehead atoms. The van der Waals surface area contributed by atoms with Gasteiger partial charge in [-0.3, -0.25) is 0 Å². The van der Waals surface area contributed by atoms with E-state index in [1.54, 1.807) is 5.56 Å². The predicted molar refractivity (Wildman–Crippen MR) is 165 cm³/mol. The van der Waals surface area contributed by atoms with Crippen molar-refractivity contribution in [2.45, 2.75) is 67.8 Å². The van der Waals surface area contributed by atoms with Crippen LogP contribution in [-0.2, 0) is 10.6 Å². The van der Waals surface area contributed by atoms with Crippen LogP contribution in [-0.4, -0.2) is 44.7 Å². The lowest BCUT2D eigenvalue weighted by Crippen LogP contribution is -2.69. The molecule has 5 unspecified atom stereocenters. The zero-order valence-corrected chi connectivity index (χ0v) is 25.0. The third-order valence-electron chi connectivity index (χ3n) is 11.0. The molecule has 204 valence electrons. The van der Waals surface area contributed by atoms with Gasteiger partial charge in [0, 0.05) is 0 Å². The molecule has 6 fully saturated rings. The molecule has 2 aliphatic heterocycles. The molecule has 4 saturated carbocycles. The Morgan fingerprint density at radius 2 is 1.37 bits per heavy atom. The minimum atomic E-state index is -0.213. The number of hydrogen-bond acceptors (Lipinski definition) is 4. The molecule has 2 aromatic carbocycles. The van der Waals surface area contributed by atoms with E-state index in [1.165, 1.54) is 67.8 Å². The second-order valence-corrected chi connectivity index (χ2v) is 14.5. The smallest absolute Gasteiger partial charge is 0.0735 e. The third kappa shape index (κ3) is 4.25. The Hall–Kier alpha value is -0.860. The highest BCUT2D eigenvalue weighted by atomic mass is 31.0. The summed E-state index contributed by atoms with van der Waals surface area (Å²) in [6, 6.07) is 18.6. The molecule has 8 rings (SSSR count). The van der Waals surface area contributed by atoms with Gasteiger partial charge in [0.05, 0.1) is 17.5 Å². The Balaban J connectivity index is 1.44. The zero-order valence-electron chi connectivity index (χ0n) is 22.7. The Kier molecular flexibility index (Phi) is 7.21. The summed E-state index contributed by atoms with van der Waals surface area (Å²) in [5.74, 6) is 3.50. The van der Waals surface area contributed by atoms with Crippen molar-refractivity contribution in [2.75, 3.05) is 32.3 Å². The first-order valence-electron chi connectivity index (χ1n) is 15.2. The van der Waals surface area contributed by atoms with Crippen LogP contribution in [0.25, 0.3) is 11.1 Å². The molecule has 0 spiro atoms. The van der Waals surface area contributed by atoms with Crippen molar-refractivity contribution in [2.24, 2.45) is 23.7 Å². The molecule has 38 heavy (non-hydrogen) atoms. The SMILES string of the molecule is PCC1C2CC3CC(C2)CC1(c1ccc(-c2ccccc2)cc1C(P)(C1NCCCN1)C1NCCCN1)C3. The molecule has 6 aliphatic rings. The van der Waals surface area contributed by atoms with E-state index in [0.717, 1.165) is 49.9 Å². The maximum Gasteiger partial charge on any atom is 0.0735 e. The van der Waals surface area contributed by atoms with Crippen LogP contribution in [0.3, 0.4) is 0 Å². The van der Waals surface area contributed by atoms with Gasteiger partial charge in [0.2, 0.25) is 0 Å². The molecule has 0 aromatic heterocycles. The van der Waals surface area contributed by atoms with Crippen LogP contribution in [0.4, 0.5) is 0 Å². The summed E-state index contributed by atoms with van der Waals surface area (Å²) in [6.07, 6.45) is 11.2. The molecule has 6 heteroatoms. The van der Waals surface area contributed by atoms with Crippen molar-refractivity contribution in [1.82, 2.24) is 21.3 Å². The van der Waals surface area contributed by atoms with Crippen LogP contribution < -0.4 is 21.3 Å². The minimum absolute atomic E-state index is 0.192. The standard InChI is InChI=1S/C32H46N4P2/c37-20-28-25-15-21-14-22(16-25)19-31(28,18-21)26-9-8-24(23-6-2-1-3-7-23)17-27(26)32(38,29-33-10-4-11-34-29)30-35-12-5-13-36-30/h1-3,6-9,17,21-22,25,28-30,33-36H,4-5,10-16,18-20,37-38H2. The lowest BCUT2D eigenvalue weighted by molar-refractivity contribution is -0.0525. The molecule has 0 radical (unpaired) electrons. The highest BCUT2D eigenvalue weighted by Crippen LogP contribution is 2.65. The highest BCUT2D eigenvalue weighted by molar-refractivity contribution is 7.18.